The van der Waals surface area contributed by atoms with Gasteiger partial charge in [0, 0.05) is 30.3 Å². The molecule has 0 unspecified atom stereocenters. The molecule has 0 saturated heterocycles. The minimum atomic E-state index is -0.0171. The summed E-state index contributed by atoms with van der Waals surface area (Å²) >= 11 is 0. The van der Waals surface area contributed by atoms with Crippen molar-refractivity contribution in [2.45, 2.75) is 27.2 Å². The maximum absolute atomic E-state index is 12.2. The summed E-state index contributed by atoms with van der Waals surface area (Å²) in [6.07, 6.45) is 0.937. The molecule has 4 nitrogen and oxygen atoms in total. The number of likely N-dealkylation sites (N-methyl/N-ethyl adjacent to an activating group) is 1. The van der Waals surface area contributed by atoms with Gasteiger partial charge in [-0.3, -0.25) is 9.59 Å². The van der Waals surface area contributed by atoms with E-state index in [0.717, 1.165) is 19.5 Å². The van der Waals surface area contributed by atoms with Gasteiger partial charge in [0.1, 0.15) is 0 Å². The standard InChI is InChI=1S/C14H22N2O2/c1-9-10(2)14(18)12(11(3)13(9)17)16(5)8-6-7-15-4/h15H,6-8H2,1-5H3. The lowest BCUT2D eigenvalue weighted by Crippen LogP contribution is -2.32. The minimum Gasteiger partial charge on any atom is -0.371 e. The van der Waals surface area contributed by atoms with Crippen molar-refractivity contribution >= 4 is 11.6 Å². The zero-order valence-corrected chi connectivity index (χ0v) is 11.9. The average Bonchev–Trinajstić information content (AvgIpc) is 2.34. The monoisotopic (exact) mass is 250 g/mol. The van der Waals surface area contributed by atoms with Crippen molar-refractivity contribution in [2.75, 3.05) is 27.2 Å². The number of carbonyl (C=O) groups is 2. The minimum absolute atomic E-state index is 0.0115. The molecule has 0 saturated carbocycles. The summed E-state index contributed by atoms with van der Waals surface area (Å²) < 4.78 is 0. The van der Waals surface area contributed by atoms with Crippen molar-refractivity contribution in [3.63, 3.8) is 0 Å². The van der Waals surface area contributed by atoms with Crippen molar-refractivity contribution in [3.05, 3.63) is 22.4 Å². The predicted molar refractivity (Wildman–Crippen MR) is 72.3 cm³/mol. The Kier molecular flexibility index (Phi) is 4.84. The Bertz CT molecular complexity index is 433. The van der Waals surface area contributed by atoms with Gasteiger partial charge in [0.05, 0.1) is 5.70 Å². The van der Waals surface area contributed by atoms with E-state index >= 15 is 0 Å². The molecule has 0 atom stereocenters. The molecule has 0 heterocycles. The molecule has 4 heteroatoms. The molecule has 0 radical (unpaired) electrons. The lowest BCUT2D eigenvalue weighted by Gasteiger charge is -2.27. The highest BCUT2D eigenvalue weighted by Crippen LogP contribution is 2.25. The Morgan fingerprint density at radius 2 is 1.56 bits per heavy atom. The van der Waals surface area contributed by atoms with Crippen molar-refractivity contribution < 1.29 is 9.59 Å². The van der Waals surface area contributed by atoms with Crippen LogP contribution in [0.25, 0.3) is 0 Å². The normalized spacial score (nSPS) is 16.7. The number of nitrogens with one attached hydrogen (secondary N) is 1. The van der Waals surface area contributed by atoms with E-state index in [0.29, 0.717) is 22.4 Å². The Balaban J connectivity index is 2.93. The largest absolute Gasteiger partial charge is 0.371 e. The Morgan fingerprint density at radius 1 is 1.00 bits per heavy atom. The summed E-state index contributed by atoms with van der Waals surface area (Å²) in [6.45, 7) is 6.84. The van der Waals surface area contributed by atoms with Crippen molar-refractivity contribution in [1.29, 1.82) is 0 Å². The molecule has 0 aliphatic heterocycles. The second-order valence-corrected chi connectivity index (χ2v) is 4.76. The third-order valence-corrected chi connectivity index (χ3v) is 3.46. The maximum atomic E-state index is 12.2. The Morgan fingerprint density at radius 3 is 2.11 bits per heavy atom. The number of hydrogen-bond donors (Lipinski definition) is 1. The number of carbonyl (C=O) groups excluding carboxylic acids is 2. The summed E-state index contributed by atoms with van der Waals surface area (Å²) in [4.78, 5) is 26.2. The predicted octanol–water partition coefficient (Wildman–Crippen LogP) is 1.29. The molecule has 0 aromatic carbocycles. The first-order valence-electron chi connectivity index (χ1n) is 6.25. The van der Waals surface area contributed by atoms with Gasteiger partial charge in [-0.15, -0.1) is 0 Å². The molecule has 1 N–H and O–H groups in total. The molecule has 0 bridgehead atoms. The first-order chi connectivity index (χ1) is 8.41. The molecule has 0 aromatic heterocycles. The second kappa shape index (κ2) is 5.96. The van der Waals surface area contributed by atoms with Crippen LogP contribution in [0, 0.1) is 0 Å². The van der Waals surface area contributed by atoms with Gasteiger partial charge >= 0.3 is 0 Å². The smallest absolute Gasteiger partial charge is 0.205 e. The van der Waals surface area contributed by atoms with Crippen molar-refractivity contribution in [1.82, 2.24) is 10.2 Å². The fourth-order valence-electron chi connectivity index (χ4n) is 2.14. The van der Waals surface area contributed by atoms with E-state index in [1.54, 1.807) is 20.8 Å². The number of rotatable bonds is 5. The molecular formula is C14H22N2O2. The Hall–Kier alpha value is -1.42. The van der Waals surface area contributed by atoms with E-state index in [2.05, 4.69) is 5.32 Å². The molecular weight excluding hydrogens is 228 g/mol. The van der Waals surface area contributed by atoms with Crippen LogP contribution in [0.5, 0.6) is 0 Å². The second-order valence-electron chi connectivity index (χ2n) is 4.76. The van der Waals surface area contributed by atoms with Gasteiger partial charge in [-0.25, -0.2) is 0 Å². The molecule has 0 fully saturated rings. The van der Waals surface area contributed by atoms with E-state index in [1.807, 2.05) is 19.0 Å². The quantitative estimate of drug-likeness (QED) is 0.590. The highest BCUT2D eigenvalue weighted by atomic mass is 16.1. The average molecular weight is 250 g/mol. The van der Waals surface area contributed by atoms with Crippen molar-refractivity contribution in [2.24, 2.45) is 0 Å². The summed E-state index contributed by atoms with van der Waals surface area (Å²) in [6, 6.07) is 0. The molecule has 0 spiro atoms. The van der Waals surface area contributed by atoms with Crippen LogP contribution in [0.3, 0.4) is 0 Å². The van der Waals surface area contributed by atoms with Crippen molar-refractivity contribution in [3.8, 4) is 0 Å². The van der Waals surface area contributed by atoms with E-state index in [1.165, 1.54) is 0 Å². The molecule has 1 aliphatic carbocycles. The van der Waals surface area contributed by atoms with Gasteiger partial charge in [-0.05, 0) is 40.8 Å². The lowest BCUT2D eigenvalue weighted by molar-refractivity contribution is -0.117. The van der Waals surface area contributed by atoms with Gasteiger partial charge in [0.15, 0.2) is 5.78 Å². The number of nitrogens with zero attached hydrogens (tertiary/aromatic N) is 1. The summed E-state index contributed by atoms with van der Waals surface area (Å²) in [5.74, 6) is -0.0286. The zero-order valence-electron chi connectivity index (χ0n) is 11.9. The summed E-state index contributed by atoms with van der Waals surface area (Å²) in [5.41, 5.74) is 2.26. The molecule has 0 aromatic rings. The molecule has 1 aliphatic rings. The number of ketones is 2. The first-order valence-corrected chi connectivity index (χ1v) is 6.25. The van der Waals surface area contributed by atoms with Crippen LogP contribution < -0.4 is 5.32 Å². The van der Waals surface area contributed by atoms with Crippen LogP contribution >= 0.6 is 0 Å². The SMILES string of the molecule is CNCCCN(C)C1=C(C)C(=O)C(C)=C(C)C1=O. The van der Waals surface area contributed by atoms with Gasteiger partial charge in [-0.2, -0.15) is 0 Å². The third-order valence-electron chi connectivity index (χ3n) is 3.46. The third kappa shape index (κ3) is 2.70. The van der Waals surface area contributed by atoms with Crippen LogP contribution in [-0.4, -0.2) is 43.7 Å². The lowest BCUT2D eigenvalue weighted by atomic mass is 9.89. The zero-order chi connectivity index (χ0) is 13.9. The molecule has 1 rings (SSSR count). The number of hydrogen-bond acceptors (Lipinski definition) is 4. The summed E-state index contributed by atoms with van der Waals surface area (Å²) in [5, 5.41) is 3.07. The van der Waals surface area contributed by atoms with E-state index in [-0.39, 0.29) is 11.6 Å². The highest BCUT2D eigenvalue weighted by molar-refractivity contribution is 6.24. The maximum Gasteiger partial charge on any atom is 0.205 e. The van der Waals surface area contributed by atoms with Crippen LogP contribution in [0.4, 0.5) is 0 Å². The summed E-state index contributed by atoms with van der Waals surface area (Å²) in [7, 11) is 3.77. The molecule has 0 amide bonds. The molecule has 18 heavy (non-hydrogen) atoms. The van der Waals surface area contributed by atoms with Gasteiger partial charge in [-0.1, -0.05) is 0 Å². The van der Waals surface area contributed by atoms with Crippen LogP contribution in [0.2, 0.25) is 0 Å². The number of allylic oxidation sites excluding steroid dienone is 3. The highest BCUT2D eigenvalue weighted by Gasteiger charge is 2.29. The van der Waals surface area contributed by atoms with E-state index in [9.17, 15) is 9.59 Å². The molecule has 100 valence electrons. The Labute approximate surface area is 109 Å². The van der Waals surface area contributed by atoms with Gasteiger partial charge in [0.25, 0.3) is 0 Å². The van der Waals surface area contributed by atoms with Gasteiger partial charge in [0.2, 0.25) is 5.78 Å². The topological polar surface area (TPSA) is 49.4 Å². The fraction of sp³-hybridized carbons (Fsp3) is 0.571. The van der Waals surface area contributed by atoms with Crippen LogP contribution in [0.1, 0.15) is 27.2 Å². The van der Waals surface area contributed by atoms with E-state index < -0.39 is 0 Å². The van der Waals surface area contributed by atoms with Crippen LogP contribution in [0.15, 0.2) is 22.4 Å². The number of Topliss-reactive ketones (excluding diaryl/α,β-unsaturated/α-hetero) is 2. The first kappa shape index (κ1) is 14.6. The fourth-order valence-corrected chi connectivity index (χ4v) is 2.14. The van der Waals surface area contributed by atoms with E-state index in [4.69, 9.17) is 0 Å². The van der Waals surface area contributed by atoms with Gasteiger partial charge < -0.3 is 10.2 Å². The van der Waals surface area contributed by atoms with Crippen LogP contribution in [-0.2, 0) is 9.59 Å².